The van der Waals surface area contributed by atoms with Gasteiger partial charge in [0.05, 0.1) is 11.6 Å². The molecule has 1 N–H and O–H groups in total. The molecule has 0 aliphatic heterocycles. The molecule has 3 rings (SSSR count). The maximum Gasteiger partial charge on any atom is 0.341 e. The molecule has 0 heterocycles. The zero-order chi connectivity index (χ0) is 18.5. The number of hydrogen-bond acceptors (Lipinski definition) is 3. The van der Waals surface area contributed by atoms with Gasteiger partial charge in [-0.15, -0.1) is 0 Å². The normalized spacial score (nSPS) is 11.2. The molecule has 26 heavy (non-hydrogen) atoms. The van der Waals surface area contributed by atoms with Crippen molar-refractivity contribution in [3.8, 4) is 11.8 Å². The highest BCUT2D eigenvalue weighted by atomic mass is 79.9. The Hall–Kier alpha value is -3.10. The van der Waals surface area contributed by atoms with Crippen LogP contribution in [0.3, 0.4) is 0 Å². The average Bonchev–Trinajstić information content (AvgIpc) is 2.65. The number of halogens is 1. The molecular formula is C21H14BrNO3. The van der Waals surface area contributed by atoms with Gasteiger partial charge in [0.2, 0.25) is 0 Å². The first-order valence-corrected chi connectivity index (χ1v) is 8.62. The van der Waals surface area contributed by atoms with Crippen molar-refractivity contribution < 1.29 is 14.6 Å². The SMILES string of the molecule is N#C/C(=C/c1cc(Br)ccc1OCC(=O)O)c1cccc2ccccc12. The Morgan fingerprint density at radius 1 is 1.15 bits per heavy atom. The van der Waals surface area contributed by atoms with Crippen molar-refractivity contribution in [2.75, 3.05) is 6.61 Å². The van der Waals surface area contributed by atoms with E-state index in [9.17, 15) is 10.1 Å². The number of hydrogen-bond donors (Lipinski definition) is 1. The predicted octanol–water partition coefficient (Wildman–Crippen LogP) is 5.13. The van der Waals surface area contributed by atoms with Crippen LogP contribution >= 0.6 is 15.9 Å². The first-order valence-electron chi connectivity index (χ1n) is 7.82. The summed E-state index contributed by atoms with van der Waals surface area (Å²) in [7, 11) is 0. The first kappa shape index (κ1) is 17.7. The summed E-state index contributed by atoms with van der Waals surface area (Å²) in [5.41, 5.74) is 1.92. The fourth-order valence-corrected chi connectivity index (χ4v) is 3.07. The van der Waals surface area contributed by atoms with E-state index in [0.29, 0.717) is 16.9 Å². The third kappa shape index (κ3) is 3.93. The summed E-state index contributed by atoms with van der Waals surface area (Å²) in [4.78, 5) is 10.8. The minimum absolute atomic E-state index is 0.406. The van der Waals surface area contributed by atoms with Gasteiger partial charge in [0.25, 0.3) is 0 Å². The van der Waals surface area contributed by atoms with Gasteiger partial charge in [-0.05, 0) is 35.0 Å². The number of ether oxygens (including phenoxy) is 1. The van der Waals surface area contributed by atoms with Crippen molar-refractivity contribution in [1.82, 2.24) is 0 Å². The van der Waals surface area contributed by atoms with Crippen LogP contribution in [0.4, 0.5) is 0 Å². The van der Waals surface area contributed by atoms with Gasteiger partial charge in [-0.2, -0.15) is 5.26 Å². The van der Waals surface area contributed by atoms with Crippen molar-refractivity contribution in [3.63, 3.8) is 0 Å². The molecule has 0 spiro atoms. The number of carbonyl (C=O) groups is 1. The van der Waals surface area contributed by atoms with E-state index in [0.717, 1.165) is 20.8 Å². The number of rotatable bonds is 5. The van der Waals surface area contributed by atoms with Gasteiger partial charge in [-0.25, -0.2) is 4.79 Å². The largest absolute Gasteiger partial charge is 0.481 e. The third-order valence-electron chi connectivity index (χ3n) is 3.82. The monoisotopic (exact) mass is 407 g/mol. The van der Waals surface area contributed by atoms with Crippen molar-refractivity contribution >= 4 is 44.3 Å². The molecule has 0 bridgehead atoms. The van der Waals surface area contributed by atoms with E-state index in [-0.39, 0.29) is 0 Å². The zero-order valence-corrected chi connectivity index (χ0v) is 15.2. The third-order valence-corrected chi connectivity index (χ3v) is 4.32. The zero-order valence-electron chi connectivity index (χ0n) is 13.6. The first-order chi connectivity index (χ1) is 12.6. The number of aliphatic carboxylic acids is 1. The Balaban J connectivity index is 2.11. The highest BCUT2D eigenvalue weighted by Crippen LogP contribution is 2.30. The van der Waals surface area contributed by atoms with Crippen LogP contribution in [0.15, 0.2) is 65.1 Å². The van der Waals surface area contributed by atoms with Gasteiger partial charge in [0.1, 0.15) is 5.75 Å². The van der Waals surface area contributed by atoms with Crippen LogP contribution in [0.1, 0.15) is 11.1 Å². The fraction of sp³-hybridized carbons (Fsp3) is 0.0476. The van der Waals surface area contributed by atoms with Crippen LogP contribution in [0, 0.1) is 11.3 Å². The standard InChI is InChI=1S/C21H14BrNO3/c22-17-8-9-20(26-13-21(24)25)15(11-17)10-16(12-23)19-7-3-5-14-4-1-2-6-18(14)19/h1-11H,13H2,(H,24,25)/b16-10-. The number of nitrogens with zero attached hydrogens (tertiary/aromatic N) is 1. The number of benzene rings is 3. The summed E-state index contributed by atoms with van der Waals surface area (Å²) < 4.78 is 6.16. The average molecular weight is 408 g/mol. The Morgan fingerprint density at radius 3 is 2.69 bits per heavy atom. The fourth-order valence-electron chi connectivity index (χ4n) is 2.69. The lowest BCUT2D eigenvalue weighted by Gasteiger charge is -2.10. The van der Waals surface area contributed by atoms with Crippen molar-refractivity contribution in [1.29, 1.82) is 5.26 Å². The number of carboxylic acid groups (broad SMARTS) is 1. The maximum atomic E-state index is 10.8. The Kier molecular flexibility index (Phi) is 5.35. The highest BCUT2D eigenvalue weighted by molar-refractivity contribution is 9.10. The lowest BCUT2D eigenvalue weighted by atomic mass is 9.97. The van der Waals surface area contributed by atoms with Crippen molar-refractivity contribution in [2.45, 2.75) is 0 Å². The van der Waals surface area contributed by atoms with E-state index in [2.05, 4.69) is 22.0 Å². The summed E-state index contributed by atoms with van der Waals surface area (Å²) >= 11 is 3.40. The lowest BCUT2D eigenvalue weighted by Crippen LogP contribution is -2.10. The van der Waals surface area contributed by atoms with Gasteiger partial charge in [-0.3, -0.25) is 0 Å². The van der Waals surface area contributed by atoms with Gasteiger partial charge >= 0.3 is 5.97 Å². The minimum atomic E-state index is -1.06. The summed E-state index contributed by atoms with van der Waals surface area (Å²) in [6, 6.07) is 21.1. The number of fused-ring (bicyclic) bond motifs is 1. The molecule has 5 heteroatoms. The summed E-state index contributed by atoms with van der Waals surface area (Å²) in [5, 5.41) is 20.6. The van der Waals surface area contributed by atoms with E-state index in [1.165, 1.54) is 0 Å². The second kappa shape index (κ2) is 7.85. The molecule has 128 valence electrons. The molecule has 3 aromatic rings. The molecular weight excluding hydrogens is 394 g/mol. The highest BCUT2D eigenvalue weighted by Gasteiger charge is 2.10. The molecule has 0 radical (unpaired) electrons. The number of nitriles is 1. The van der Waals surface area contributed by atoms with Crippen molar-refractivity contribution in [3.05, 3.63) is 76.3 Å². The molecule has 0 unspecified atom stereocenters. The van der Waals surface area contributed by atoms with Crippen LogP contribution in [0.5, 0.6) is 5.75 Å². The number of allylic oxidation sites excluding steroid dienone is 1. The van der Waals surface area contributed by atoms with E-state index >= 15 is 0 Å². The van der Waals surface area contributed by atoms with Crippen LogP contribution in [-0.4, -0.2) is 17.7 Å². The van der Waals surface area contributed by atoms with Gasteiger partial charge in [0.15, 0.2) is 6.61 Å². The second-order valence-corrected chi connectivity index (χ2v) is 6.48. The minimum Gasteiger partial charge on any atom is -0.481 e. The Morgan fingerprint density at radius 2 is 1.92 bits per heavy atom. The molecule has 0 atom stereocenters. The Bertz CT molecular complexity index is 1050. The predicted molar refractivity (Wildman–Crippen MR) is 105 cm³/mol. The van der Waals surface area contributed by atoms with Gasteiger partial charge in [0, 0.05) is 15.6 Å². The molecule has 0 aliphatic rings. The van der Waals surface area contributed by atoms with E-state index in [1.807, 2.05) is 42.5 Å². The molecule has 0 fully saturated rings. The van der Waals surface area contributed by atoms with Gasteiger partial charge in [-0.1, -0.05) is 58.4 Å². The van der Waals surface area contributed by atoms with Gasteiger partial charge < -0.3 is 9.84 Å². The number of carboxylic acids is 1. The summed E-state index contributed by atoms with van der Waals surface area (Å²) in [6.07, 6.45) is 1.71. The summed E-state index contributed by atoms with van der Waals surface area (Å²) in [6.45, 7) is -0.446. The summed E-state index contributed by atoms with van der Waals surface area (Å²) in [5.74, 6) is -0.652. The molecule has 0 aliphatic carbocycles. The van der Waals surface area contributed by atoms with Crippen LogP contribution in [0.25, 0.3) is 22.4 Å². The topological polar surface area (TPSA) is 70.3 Å². The molecule has 0 saturated heterocycles. The van der Waals surface area contributed by atoms with Crippen LogP contribution in [0.2, 0.25) is 0 Å². The maximum absolute atomic E-state index is 10.8. The van der Waals surface area contributed by atoms with Crippen LogP contribution in [-0.2, 0) is 4.79 Å². The van der Waals surface area contributed by atoms with E-state index < -0.39 is 12.6 Å². The van der Waals surface area contributed by atoms with E-state index in [1.54, 1.807) is 24.3 Å². The van der Waals surface area contributed by atoms with Crippen molar-refractivity contribution in [2.24, 2.45) is 0 Å². The van der Waals surface area contributed by atoms with E-state index in [4.69, 9.17) is 9.84 Å². The quantitative estimate of drug-likeness (QED) is 0.469. The lowest BCUT2D eigenvalue weighted by molar-refractivity contribution is -0.139. The molecule has 3 aromatic carbocycles. The second-order valence-electron chi connectivity index (χ2n) is 5.56. The smallest absolute Gasteiger partial charge is 0.341 e. The molecule has 0 aromatic heterocycles. The molecule has 0 amide bonds. The molecule has 0 saturated carbocycles. The Labute approximate surface area is 159 Å². The molecule has 4 nitrogen and oxygen atoms in total. The van der Waals surface area contributed by atoms with Crippen LogP contribution < -0.4 is 4.74 Å².